The van der Waals surface area contributed by atoms with E-state index in [9.17, 15) is 22.8 Å². The number of piperazine rings is 1. The summed E-state index contributed by atoms with van der Waals surface area (Å²) in [6.45, 7) is 8.19. The highest BCUT2D eigenvalue weighted by Gasteiger charge is 2.39. The topological polar surface area (TPSA) is 120 Å². The molecule has 36 heavy (non-hydrogen) atoms. The van der Waals surface area contributed by atoms with Crippen LogP contribution in [-0.2, 0) is 24.4 Å². The number of ketones is 1. The molecule has 1 aromatic carbocycles. The first-order valence-electron chi connectivity index (χ1n) is 11.8. The molecule has 0 saturated carbocycles. The minimum atomic E-state index is -3.76. The van der Waals surface area contributed by atoms with Crippen LogP contribution in [0.3, 0.4) is 0 Å². The highest BCUT2D eigenvalue weighted by Crippen LogP contribution is 2.27. The largest absolute Gasteiger partial charge is 0.334 e. The maximum absolute atomic E-state index is 13.2. The Labute approximate surface area is 221 Å². The normalized spacial score (nSPS) is 19.5. The molecule has 0 aliphatic carbocycles. The maximum atomic E-state index is 13.2. The van der Waals surface area contributed by atoms with Crippen LogP contribution >= 0.6 is 11.3 Å². The number of nitrogens with one attached hydrogen (secondary N) is 1. The summed E-state index contributed by atoms with van der Waals surface area (Å²) in [5.74, 6) is -0.857. The number of Topliss-reactive ketones (excluding diaryl/α,β-unsaturated/α-hetero) is 1. The summed E-state index contributed by atoms with van der Waals surface area (Å²) in [5, 5.41) is 1.97. The molecule has 1 N–H and O–H groups in total. The van der Waals surface area contributed by atoms with Crippen LogP contribution in [0.2, 0.25) is 0 Å². The fraction of sp³-hybridized carbons (Fsp3) is 0.500. The highest BCUT2D eigenvalue weighted by atomic mass is 32.2. The summed E-state index contributed by atoms with van der Waals surface area (Å²) in [5.41, 5.74) is 0.395. The van der Waals surface area contributed by atoms with Crippen LogP contribution < -0.4 is 9.62 Å². The van der Waals surface area contributed by atoms with Crippen molar-refractivity contribution in [1.29, 1.82) is 0 Å². The molecule has 2 aliphatic heterocycles. The molecule has 2 fully saturated rings. The van der Waals surface area contributed by atoms with E-state index in [-0.39, 0.29) is 45.3 Å². The van der Waals surface area contributed by atoms with Gasteiger partial charge in [0, 0.05) is 62.1 Å². The number of rotatable bonds is 7. The first kappa shape index (κ1) is 26.2. The predicted octanol–water partition coefficient (Wildman–Crippen LogP) is 3.18. The molecule has 0 spiro atoms. The van der Waals surface area contributed by atoms with Gasteiger partial charge < -0.3 is 9.80 Å². The van der Waals surface area contributed by atoms with Crippen molar-refractivity contribution in [2.75, 3.05) is 42.3 Å². The van der Waals surface area contributed by atoms with Crippen molar-refractivity contribution < 1.29 is 28.5 Å². The number of anilines is 2. The first-order chi connectivity index (χ1) is 16.9. The number of hydrogen-bond acceptors (Lipinski definition) is 8. The molecule has 0 radical (unpaired) electrons. The van der Waals surface area contributed by atoms with E-state index in [4.69, 9.17) is 0 Å². The van der Waals surface area contributed by atoms with Gasteiger partial charge in [0.15, 0.2) is 5.13 Å². The molecule has 202 valence electrons. The van der Waals surface area contributed by atoms with Crippen LogP contribution in [0.1, 0.15) is 39.3 Å². The Morgan fingerprint density at radius 1 is 1.11 bits per heavy atom. The average molecular weight is 542 g/mol. The zero-order valence-corrected chi connectivity index (χ0v) is 22.3. The van der Waals surface area contributed by atoms with Crippen molar-refractivity contribution in [2.24, 2.45) is 5.41 Å². The quantitative estimate of drug-likeness (QED) is 0.535. The van der Waals surface area contributed by atoms with E-state index in [2.05, 4.69) is 14.6 Å². The van der Waals surface area contributed by atoms with Gasteiger partial charge in [-0.1, -0.05) is 20.8 Å². The molecule has 2 aromatic rings. The lowest BCUT2D eigenvalue weighted by Gasteiger charge is -2.37. The molecule has 10 nitrogen and oxygen atoms in total. The summed E-state index contributed by atoms with van der Waals surface area (Å²) in [6, 6.07) is 5.92. The number of hydrogen-bond donors (Lipinski definition) is 1. The molecule has 1 atom stereocenters. The third-order valence-electron chi connectivity index (χ3n) is 6.26. The lowest BCUT2D eigenvalue weighted by molar-refractivity contribution is -0.147. The molecule has 2 saturated heterocycles. The summed E-state index contributed by atoms with van der Waals surface area (Å²) < 4.78 is 27.6. The van der Waals surface area contributed by atoms with Gasteiger partial charge in [-0.3, -0.25) is 24.0 Å². The number of sulfonamides is 1. The molecule has 4 rings (SSSR count). The Morgan fingerprint density at radius 2 is 1.78 bits per heavy atom. The Balaban J connectivity index is 0.00000380. The molecule has 3 heterocycles. The van der Waals surface area contributed by atoms with E-state index >= 15 is 0 Å². The molecular weight excluding hydrogens is 502 g/mol. The van der Waals surface area contributed by atoms with Gasteiger partial charge in [-0.05, 0) is 36.1 Å². The molecular formula is C24H39N5O5S2. The van der Waals surface area contributed by atoms with Crippen LogP contribution in [0.25, 0.3) is 0 Å². The van der Waals surface area contributed by atoms with Crippen LogP contribution in [0.4, 0.5) is 10.8 Å². The lowest BCUT2D eigenvalue weighted by atomic mass is 9.89. The minimum absolute atomic E-state index is 0. The van der Waals surface area contributed by atoms with E-state index in [1.165, 1.54) is 29.7 Å². The second-order valence-corrected chi connectivity index (χ2v) is 12.8. The van der Waals surface area contributed by atoms with Crippen LogP contribution in [0.15, 0.2) is 40.7 Å². The van der Waals surface area contributed by atoms with Crippen LogP contribution in [0.5, 0.6) is 0 Å². The maximum Gasteiger partial charge on any atom is 0.290 e. The second kappa shape index (κ2) is 10.3. The first-order valence-corrected chi connectivity index (χ1v) is 14.2. The van der Waals surface area contributed by atoms with Gasteiger partial charge in [-0.15, -0.1) is 11.3 Å². The Kier molecular flexibility index (Phi) is 7.48. The molecule has 12 heteroatoms. The number of benzene rings is 1. The monoisotopic (exact) mass is 541 g/mol. The fourth-order valence-electron chi connectivity index (χ4n) is 4.48. The molecule has 0 bridgehead atoms. The third kappa shape index (κ3) is 5.93. The smallest absolute Gasteiger partial charge is 0.290 e. The fourth-order valence-corrected chi connectivity index (χ4v) is 6.27. The number of aromatic nitrogens is 1. The third-order valence-corrected chi connectivity index (χ3v) is 8.43. The van der Waals surface area contributed by atoms with E-state index in [0.717, 1.165) is 0 Å². The van der Waals surface area contributed by atoms with Crippen molar-refractivity contribution in [3.05, 3.63) is 35.8 Å². The van der Waals surface area contributed by atoms with Crippen LogP contribution in [-0.4, -0.2) is 79.6 Å². The number of carbonyl (C=O) groups is 3. The van der Waals surface area contributed by atoms with E-state index in [1.54, 1.807) is 27.3 Å². The molecule has 2 aliphatic rings. The van der Waals surface area contributed by atoms with Crippen molar-refractivity contribution in [2.45, 2.75) is 44.6 Å². The zero-order chi connectivity index (χ0) is 26.1. The Bertz CT molecular complexity index is 1230. The molecule has 0 unspecified atom stereocenters. The second-order valence-electron chi connectivity index (χ2n) is 10.2. The minimum Gasteiger partial charge on any atom is -0.334 e. The molecule has 2 amide bonds. The van der Waals surface area contributed by atoms with E-state index < -0.39 is 15.9 Å². The molecule has 1 aromatic heterocycles. The Morgan fingerprint density at radius 3 is 2.36 bits per heavy atom. The van der Waals surface area contributed by atoms with E-state index in [0.29, 0.717) is 44.8 Å². The lowest BCUT2D eigenvalue weighted by Crippen LogP contribution is -2.55. The number of nitrogens with zero attached hydrogens (tertiary/aromatic N) is 4. The highest BCUT2D eigenvalue weighted by molar-refractivity contribution is 7.93. The summed E-state index contributed by atoms with van der Waals surface area (Å²) >= 11 is 1.19. The summed E-state index contributed by atoms with van der Waals surface area (Å²) in [4.78, 5) is 47.4. The van der Waals surface area contributed by atoms with Gasteiger partial charge >= 0.3 is 0 Å². The summed E-state index contributed by atoms with van der Waals surface area (Å²) in [6.07, 6.45) is 2.37. The van der Waals surface area contributed by atoms with E-state index in [1.807, 2.05) is 20.8 Å². The SMILES string of the molecule is CC(C)(C)CC(=O)C(=O)N1CCN([C@H]2CCN(c3ccc(S(=O)(=O)Nc4nccs4)cc3)C2=O)CC1.[HH].[HH].[HH].[HH]. The standard InChI is InChI=1S/C24H31N5O5S2.4H2/c1-24(2,3)16-20(30)22(32)28-13-11-27(12-14-28)19-8-10-29(21(19)31)17-4-6-18(7-5-17)36(33,34)26-23-25-9-15-35-23;;;;/h4-7,9,15,19H,8,10-14,16H2,1-3H3,(H,25,26);4*1H/t19-;;;;/m0..../s1. The summed E-state index contributed by atoms with van der Waals surface area (Å²) in [7, 11) is -3.76. The number of carbonyl (C=O) groups excluding carboxylic acids is 3. The Hall–Kier alpha value is -2.83. The van der Waals surface area contributed by atoms with Gasteiger partial charge in [0.25, 0.3) is 15.9 Å². The zero-order valence-electron chi connectivity index (χ0n) is 20.6. The van der Waals surface area contributed by atoms with Gasteiger partial charge in [0.2, 0.25) is 11.7 Å². The van der Waals surface area contributed by atoms with Gasteiger partial charge in [0.1, 0.15) is 0 Å². The van der Waals surface area contributed by atoms with Crippen LogP contribution in [0, 0.1) is 5.41 Å². The predicted molar refractivity (Wildman–Crippen MR) is 146 cm³/mol. The average Bonchev–Trinajstić information content (AvgIpc) is 3.47. The van der Waals surface area contributed by atoms with Crippen molar-refractivity contribution >= 4 is 49.8 Å². The van der Waals surface area contributed by atoms with Crippen molar-refractivity contribution in [3.8, 4) is 0 Å². The van der Waals surface area contributed by atoms with Crippen molar-refractivity contribution in [1.82, 2.24) is 14.8 Å². The van der Waals surface area contributed by atoms with Gasteiger partial charge in [-0.25, -0.2) is 13.4 Å². The van der Waals surface area contributed by atoms with Crippen molar-refractivity contribution in [3.63, 3.8) is 0 Å². The number of amides is 2. The number of thiazole rings is 1. The van der Waals surface area contributed by atoms with Gasteiger partial charge in [0.05, 0.1) is 10.9 Å². The van der Waals surface area contributed by atoms with Gasteiger partial charge in [-0.2, -0.15) is 0 Å².